The Morgan fingerprint density at radius 2 is 2.14 bits per heavy atom. The van der Waals surface area contributed by atoms with E-state index in [-0.39, 0.29) is 12.2 Å². The van der Waals surface area contributed by atoms with E-state index in [4.69, 9.17) is 10.6 Å². The minimum Gasteiger partial charge on any atom is -0.485 e. The lowest BCUT2D eigenvalue weighted by Crippen LogP contribution is -2.16. The Hall–Kier alpha value is -2.85. The molecule has 0 bridgehead atoms. The predicted octanol–water partition coefficient (Wildman–Crippen LogP) is 2.78. The van der Waals surface area contributed by atoms with Crippen LogP contribution in [0.3, 0.4) is 0 Å². The minimum atomic E-state index is -0.132. The fraction of sp³-hybridized carbons (Fsp3) is 0.222. The van der Waals surface area contributed by atoms with Gasteiger partial charge in [0.2, 0.25) is 5.16 Å². The summed E-state index contributed by atoms with van der Waals surface area (Å²) in [6, 6.07) is 7.81. The minimum absolute atomic E-state index is 0.132. The highest BCUT2D eigenvalue weighted by Crippen LogP contribution is 2.22. The molecule has 0 saturated heterocycles. The van der Waals surface area contributed by atoms with Crippen LogP contribution in [0, 0.1) is 13.8 Å². The van der Waals surface area contributed by atoms with Gasteiger partial charge in [-0.25, -0.2) is 9.66 Å². The molecule has 3 heterocycles. The predicted molar refractivity (Wildman–Crippen MR) is 110 cm³/mol. The van der Waals surface area contributed by atoms with Gasteiger partial charge in [-0.2, -0.15) is 0 Å². The maximum Gasteiger partial charge on any atom is 0.268 e. The maximum absolute atomic E-state index is 12.0. The molecule has 0 amide bonds. The summed E-state index contributed by atoms with van der Waals surface area (Å²) >= 11 is 2.72. The number of hydrogen-bond donors (Lipinski definition) is 2. The van der Waals surface area contributed by atoms with Gasteiger partial charge in [0.25, 0.3) is 5.56 Å². The number of aromatic amines is 1. The number of H-pyrrole nitrogens is 1. The number of nitrogen functional groups attached to an aromatic ring is 1. The monoisotopic (exact) mass is 414 g/mol. The Morgan fingerprint density at radius 3 is 2.96 bits per heavy atom. The smallest absolute Gasteiger partial charge is 0.268 e. The Balaban J connectivity index is 1.43. The molecule has 28 heavy (non-hydrogen) atoms. The lowest BCUT2D eigenvalue weighted by Gasteiger charge is -2.09. The number of aryl methyl sites for hydroxylation is 2. The molecule has 0 fully saturated rings. The van der Waals surface area contributed by atoms with Crippen LogP contribution in [0.25, 0.3) is 10.2 Å². The van der Waals surface area contributed by atoms with Gasteiger partial charge in [-0.15, -0.1) is 21.5 Å². The summed E-state index contributed by atoms with van der Waals surface area (Å²) in [7, 11) is 0. The van der Waals surface area contributed by atoms with Gasteiger partial charge in [0.05, 0.1) is 11.3 Å². The van der Waals surface area contributed by atoms with Crippen LogP contribution in [0.2, 0.25) is 0 Å². The first-order valence-corrected chi connectivity index (χ1v) is 10.4. The number of aromatic nitrogens is 5. The average Bonchev–Trinajstić information content (AvgIpc) is 3.27. The third-order valence-corrected chi connectivity index (χ3v) is 5.98. The van der Waals surface area contributed by atoms with Gasteiger partial charge < -0.3 is 15.6 Å². The van der Waals surface area contributed by atoms with Crippen molar-refractivity contribution >= 4 is 33.3 Å². The highest BCUT2D eigenvalue weighted by atomic mass is 32.2. The molecule has 4 aromatic rings. The summed E-state index contributed by atoms with van der Waals surface area (Å²) < 4.78 is 7.84. The Bertz CT molecular complexity index is 1200. The summed E-state index contributed by atoms with van der Waals surface area (Å²) in [5, 5.41) is 10.6. The molecular formula is C18H18N6O2S2. The number of nitrogens with one attached hydrogen (secondary N) is 1. The molecule has 0 atom stereocenters. The summed E-state index contributed by atoms with van der Waals surface area (Å²) in [4.78, 5) is 19.3. The largest absolute Gasteiger partial charge is 0.485 e. The number of rotatable bonds is 6. The second-order valence-electron chi connectivity index (χ2n) is 6.26. The van der Waals surface area contributed by atoms with Crippen molar-refractivity contribution in [3.05, 3.63) is 62.8 Å². The molecule has 10 heteroatoms. The molecule has 3 N–H and O–H groups in total. The van der Waals surface area contributed by atoms with E-state index in [1.807, 2.05) is 37.4 Å². The van der Waals surface area contributed by atoms with Crippen molar-refractivity contribution in [3.63, 3.8) is 0 Å². The van der Waals surface area contributed by atoms with Crippen LogP contribution in [0.15, 0.2) is 39.6 Å². The molecule has 144 valence electrons. The molecule has 0 spiro atoms. The van der Waals surface area contributed by atoms with Crippen molar-refractivity contribution in [2.45, 2.75) is 31.4 Å². The van der Waals surface area contributed by atoms with E-state index in [1.165, 1.54) is 33.3 Å². The second-order valence-corrected chi connectivity index (χ2v) is 8.12. The zero-order valence-corrected chi connectivity index (χ0v) is 16.9. The van der Waals surface area contributed by atoms with Crippen LogP contribution in [-0.4, -0.2) is 24.8 Å². The zero-order valence-electron chi connectivity index (χ0n) is 15.3. The van der Waals surface area contributed by atoms with Crippen LogP contribution >= 0.6 is 23.1 Å². The normalized spacial score (nSPS) is 11.2. The first kappa shape index (κ1) is 18.5. The molecular weight excluding hydrogens is 396 g/mol. The Kier molecular flexibility index (Phi) is 5.05. The number of thiophene rings is 1. The Labute approximate surface area is 168 Å². The van der Waals surface area contributed by atoms with Crippen molar-refractivity contribution in [1.29, 1.82) is 0 Å². The van der Waals surface area contributed by atoms with Crippen molar-refractivity contribution in [2.75, 3.05) is 5.84 Å². The van der Waals surface area contributed by atoms with Gasteiger partial charge in [0.1, 0.15) is 22.9 Å². The first-order valence-electron chi connectivity index (χ1n) is 8.50. The standard InChI is InChI=1S/C18H18N6O2S2/c1-10-3-4-13(11(2)7-10)26-8-15-22-23-18(24(15)19)28-9-14-20-12-5-6-27-16(12)17(25)21-14/h3-7H,8-9,19H2,1-2H3,(H,20,21,25). The van der Waals surface area contributed by atoms with E-state index in [1.54, 1.807) is 0 Å². The average molecular weight is 415 g/mol. The number of ether oxygens (including phenoxy) is 1. The number of hydrogen-bond acceptors (Lipinski definition) is 8. The molecule has 4 rings (SSSR count). The van der Waals surface area contributed by atoms with E-state index < -0.39 is 0 Å². The fourth-order valence-corrected chi connectivity index (χ4v) is 4.20. The molecule has 0 aliphatic carbocycles. The van der Waals surface area contributed by atoms with Gasteiger partial charge in [-0.05, 0) is 36.9 Å². The third-order valence-electron chi connectivity index (χ3n) is 4.12. The highest BCUT2D eigenvalue weighted by Gasteiger charge is 2.13. The van der Waals surface area contributed by atoms with Crippen molar-refractivity contribution in [1.82, 2.24) is 24.8 Å². The molecule has 0 saturated carbocycles. The molecule has 0 unspecified atom stereocenters. The second kappa shape index (κ2) is 7.64. The molecule has 8 nitrogen and oxygen atoms in total. The van der Waals surface area contributed by atoms with Gasteiger partial charge in [-0.1, -0.05) is 29.5 Å². The molecule has 0 aliphatic rings. The zero-order chi connectivity index (χ0) is 19.7. The first-order chi connectivity index (χ1) is 13.5. The van der Waals surface area contributed by atoms with Gasteiger partial charge in [-0.3, -0.25) is 4.79 Å². The topological polar surface area (TPSA) is 112 Å². The quantitative estimate of drug-likeness (QED) is 0.368. The van der Waals surface area contributed by atoms with Gasteiger partial charge >= 0.3 is 0 Å². The summed E-state index contributed by atoms with van der Waals surface area (Å²) in [5.74, 6) is 8.39. The highest BCUT2D eigenvalue weighted by molar-refractivity contribution is 7.98. The fourth-order valence-electron chi connectivity index (χ4n) is 2.73. The van der Waals surface area contributed by atoms with Crippen LogP contribution < -0.4 is 16.1 Å². The molecule has 1 aromatic carbocycles. The Morgan fingerprint density at radius 1 is 1.29 bits per heavy atom. The van der Waals surface area contributed by atoms with E-state index in [9.17, 15) is 4.79 Å². The summed E-state index contributed by atoms with van der Waals surface area (Å²) in [5.41, 5.74) is 2.79. The van der Waals surface area contributed by atoms with Crippen LogP contribution in [0.5, 0.6) is 5.75 Å². The van der Waals surface area contributed by atoms with E-state index in [0.29, 0.717) is 32.8 Å². The van der Waals surface area contributed by atoms with E-state index in [2.05, 4.69) is 26.2 Å². The number of thioether (sulfide) groups is 1. The number of benzene rings is 1. The summed E-state index contributed by atoms with van der Waals surface area (Å²) in [6.45, 7) is 4.24. The van der Waals surface area contributed by atoms with Crippen LogP contribution in [-0.2, 0) is 12.4 Å². The van der Waals surface area contributed by atoms with E-state index in [0.717, 1.165) is 11.3 Å². The van der Waals surface area contributed by atoms with Crippen LogP contribution in [0.4, 0.5) is 0 Å². The number of nitrogens with two attached hydrogens (primary N) is 1. The maximum atomic E-state index is 12.0. The molecule has 0 aliphatic heterocycles. The van der Waals surface area contributed by atoms with Crippen molar-refractivity contribution in [3.8, 4) is 5.75 Å². The van der Waals surface area contributed by atoms with Gasteiger partial charge in [0, 0.05) is 0 Å². The number of fused-ring (bicyclic) bond motifs is 1. The SMILES string of the molecule is Cc1ccc(OCc2nnc(SCc3nc4ccsc4c(=O)[nH]3)n2N)c(C)c1. The number of nitrogens with zero attached hydrogens (tertiary/aromatic N) is 4. The van der Waals surface area contributed by atoms with Gasteiger partial charge in [0.15, 0.2) is 5.82 Å². The third kappa shape index (κ3) is 3.73. The van der Waals surface area contributed by atoms with E-state index >= 15 is 0 Å². The lowest BCUT2D eigenvalue weighted by molar-refractivity contribution is 0.289. The van der Waals surface area contributed by atoms with Crippen molar-refractivity contribution < 1.29 is 4.74 Å². The van der Waals surface area contributed by atoms with Crippen molar-refractivity contribution in [2.24, 2.45) is 0 Å². The molecule has 3 aromatic heterocycles. The summed E-state index contributed by atoms with van der Waals surface area (Å²) in [6.07, 6.45) is 0. The lowest BCUT2D eigenvalue weighted by atomic mass is 10.1. The molecule has 0 radical (unpaired) electrons. The van der Waals surface area contributed by atoms with Crippen LogP contribution in [0.1, 0.15) is 22.8 Å².